The standard InChI is InChI=1S/C29H27F2N7O2/c1-37(2)10-9-23(31)29(39)36-25-13-22-24(14-27(25)40-3)32-17-33-28(22)35-21-7-8-26-19(12-21)15-34-38(26)16-18-5-4-6-20(30)11-18/h4-9,11-15,17H,10,16H2,1-3H3,(H,36,39)(H,32,33,35)/b23-9-. The molecule has 0 spiro atoms. The number of ether oxygens (including phenoxy) is 1. The molecule has 9 nitrogen and oxygen atoms in total. The molecule has 0 saturated heterocycles. The molecule has 0 saturated carbocycles. The Bertz CT molecular complexity index is 1730. The number of carbonyl (C=O) groups excluding carboxylic acids is 1. The molecule has 2 N–H and O–H groups in total. The summed E-state index contributed by atoms with van der Waals surface area (Å²) in [6, 6.07) is 15.5. The second-order valence-corrected chi connectivity index (χ2v) is 9.39. The molecule has 40 heavy (non-hydrogen) atoms. The van der Waals surface area contributed by atoms with Gasteiger partial charge in [-0.25, -0.2) is 18.7 Å². The molecule has 2 aromatic heterocycles. The third-order valence-electron chi connectivity index (χ3n) is 6.18. The predicted octanol–water partition coefficient (Wildman–Crippen LogP) is 5.27. The van der Waals surface area contributed by atoms with Gasteiger partial charge >= 0.3 is 0 Å². The van der Waals surface area contributed by atoms with E-state index in [-0.39, 0.29) is 18.0 Å². The fourth-order valence-electron chi connectivity index (χ4n) is 4.22. The molecule has 5 aromatic rings. The Kier molecular flexibility index (Phi) is 7.65. The summed E-state index contributed by atoms with van der Waals surface area (Å²) in [7, 11) is 5.01. The first-order valence-electron chi connectivity index (χ1n) is 12.4. The molecule has 5 rings (SSSR count). The van der Waals surface area contributed by atoms with Gasteiger partial charge in [-0.05, 0) is 62.1 Å². The molecule has 0 unspecified atom stereocenters. The van der Waals surface area contributed by atoms with Crippen LogP contribution < -0.4 is 15.4 Å². The Labute approximate surface area is 229 Å². The fourth-order valence-corrected chi connectivity index (χ4v) is 4.22. The molecular formula is C29H27F2N7O2. The number of halogens is 2. The maximum Gasteiger partial charge on any atom is 0.284 e. The van der Waals surface area contributed by atoms with Crippen LogP contribution in [-0.2, 0) is 11.3 Å². The van der Waals surface area contributed by atoms with Gasteiger partial charge in [0.25, 0.3) is 5.91 Å². The van der Waals surface area contributed by atoms with E-state index in [1.54, 1.807) is 48.1 Å². The Morgan fingerprint density at radius 3 is 2.75 bits per heavy atom. The van der Waals surface area contributed by atoms with Crippen LogP contribution >= 0.6 is 0 Å². The number of fused-ring (bicyclic) bond motifs is 2. The van der Waals surface area contributed by atoms with E-state index in [2.05, 4.69) is 25.7 Å². The molecule has 0 aliphatic rings. The molecular weight excluding hydrogens is 516 g/mol. The second-order valence-electron chi connectivity index (χ2n) is 9.39. The Balaban J connectivity index is 1.42. The van der Waals surface area contributed by atoms with Crippen LogP contribution in [0.25, 0.3) is 21.8 Å². The number of methoxy groups -OCH3 is 1. The van der Waals surface area contributed by atoms with Crippen molar-refractivity contribution in [3.8, 4) is 5.75 Å². The molecule has 0 aliphatic carbocycles. The summed E-state index contributed by atoms with van der Waals surface area (Å²) >= 11 is 0. The first-order valence-corrected chi connectivity index (χ1v) is 12.4. The lowest BCUT2D eigenvalue weighted by Gasteiger charge is -2.14. The zero-order chi connectivity index (χ0) is 28.2. The summed E-state index contributed by atoms with van der Waals surface area (Å²) in [6.07, 6.45) is 4.37. The number of aromatic nitrogens is 4. The quantitative estimate of drug-likeness (QED) is 0.245. The number of amides is 1. The minimum atomic E-state index is -0.898. The molecule has 11 heteroatoms. The number of carbonyl (C=O) groups is 1. The third-order valence-corrected chi connectivity index (χ3v) is 6.18. The van der Waals surface area contributed by atoms with Crippen LogP contribution in [0, 0.1) is 5.82 Å². The van der Waals surface area contributed by atoms with Gasteiger partial charge in [-0.2, -0.15) is 5.10 Å². The zero-order valence-electron chi connectivity index (χ0n) is 22.2. The van der Waals surface area contributed by atoms with Crippen LogP contribution in [0.5, 0.6) is 5.75 Å². The lowest BCUT2D eigenvalue weighted by Crippen LogP contribution is -2.16. The number of rotatable bonds is 9. The molecule has 0 bridgehead atoms. The zero-order valence-corrected chi connectivity index (χ0v) is 22.2. The summed E-state index contributed by atoms with van der Waals surface area (Å²) < 4.78 is 35.2. The highest BCUT2D eigenvalue weighted by molar-refractivity contribution is 6.05. The predicted molar refractivity (Wildman–Crippen MR) is 151 cm³/mol. The number of anilines is 3. The molecule has 0 atom stereocenters. The second kappa shape index (κ2) is 11.5. The maximum absolute atomic E-state index is 14.3. The van der Waals surface area contributed by atoms with E-state index in [9.17, 15) is 13.6 Å². The van der Waals surface area contributed by atoms with Crippen LogP contribution in [0.4, 0.5) is 26.0 Å². The van der Waals surface area contributed by atoms with E-state index in [1.165, 1.54) is 31.6 Å². The van der Waals surface area contributed by atoms with Crippen LogP contribution in [0.15, 0.2) is 79.0 Å². The monoisotopic (exact) mass is 543 g/mol. The SMILES string of the molecule is COc1cc2ncnc(Nc3ccc4c(cnn4Cc4cccc(F)c4)c3)c2cc1NC(=O)/C(F)=C/CN(C)C. The van der Waals surface area contributed by atoms with Gasteiger partial charge in [-0.15, -0.1) is 0 Å². The van der Waals surface area contributed by atoms with Crippen molar-refractivity contribution in [3.63, 3.8) is 0 Å². The molecule has 0 aliphatic heterocycles. The average molecular weight is 544 g/mol. The van der Waals surface area contributed by atoms with Crippen LogP contribution in [0.2, 0.25) is 0 Å². The summed E-state index contributed by atoms with van der Waals surface area (Å²) in [5, 5.41) is 11.8. The van der Waals surface area contributed by atoms with Gasteiger partial charge in [0.15, 0.2) is 5.83 Å². The van der Waals surface area contributed by atoms with Gasteiger partial charge in [-0.3, -0.25) is 9.48 Å². The van der Waals surface area contributed by atoms with Gasteiger partial charge in [0.05, 0.1) is 36.6 Å². The topological polar surface area (TPSA) is 97.2 Å². The highest BCUT2D eigenvalue weighted by Crippen LogP contribution is 2.34. The number of likely N-dealkylation sites (N-methyl/N-ethyl adjacent to an activating group) is 1. The van der Waals surface area contributed by atoms with E-state index >= 15 is 0 Å². The van der Waals surface area contributed by atoms with E-state index in [0.717, 1.165) is 22.2 Å². The summed E-state index contributed by atoms with van der Waals surface area (Å²) in [5.41, 5.74) is 3.30. The minimum absolute atomic E-state index is 0.278. The number of hydrogen-bond donors (Lipinski definition) is 2. The largest absolute Gasteiger partial charge is 0.494 e. The van der Waals surface area contributed by atoms with E-state index in [1.807, 2.05) is 24.3 Å². The highest BCUT2D eigenvalue weighted by Gasteiger charge is 2.16. The van der Waals surface area contributed by atoms with Crippen molar-refractivity contribution in [2.45, 2.75) is 6.54 Å². The first-order chi connectivity index (χ1) is 19.3. The Hall–Kier alpha value is -4.90. The van der Waals surface area contributed by atoms with Gasteiger partial charge in [0.1, 0.15) is 23.7 Å². The molecule has 1 amide bonds. The number of nitrogens with zero attached hydrogens (tertiary/aromatic N) is 5. The van der Waals surface area contributed by atoms with Crippen molar-refractivity contribution in [1.82, 2.24) is 24.6 Å². The normalized spacial score (nSPS) is 11.8. The Morgan fingerprint density at radius 1 is 1.12 bits per heavy atom. The molecule has 204 valence electrons. The number of hydrogen-bond acceptors (Lipinski definition) is 7. The lowest BCUT2D eigenvalue weighted by molar-refractivity contribution is -0.114. The van der Waals surface area contributed by atoms with Crippen molar-refractivity contribution in [2.24, 2.45) is 0 Å². The summed E-state index contributed by atoms with van der Waals surface area (Å²) in [5.74, 6) is -1.25. The number of benzene rings is 3. The Morgan fingerprint density at radius 2 is 1.98 bits per heavy atom. The van der Waals surface area contributed by atoms with Crippen molar-refractivity contribution in [3.05, 3.63) is 90.4 Å². The first kappa shape index (κ1) is 26.7. The van der Waals surface area contributed by atoms with E-state index in [4.69, 9.17) is 4.74 Å². The molecule has 0 radical (unpaired) electrons. The van der Waals surface area contributed by atoms with Gasteiger partial charge in [0, 0.05) is 29.1 Å². The van der Waals surface area contributed by atoms with Gasteiger partial charge in [0.2, 0.25) is 0 Å². The van der Waals surface area contributed by atoms with E-state index < -0.39 is 11.7 Å². The van der Waals surface area contributed by atoms with Crippen LogP contribution in [0.1, 0.15) is 5.56 Å². The maximum atomic E-state index is 14.3. The van der Waals surface area contributed by atoms with Crippen molar-refractivity contribution in [2.75, 3.05) is 38.4 Å². The fraction of sp³-hybridized carbons (Fsp3) is 0.172. The van der Waals surface area contributed by atoms with Crippen molar-refractivity contribution >= 4 is 44.9 Å². The smallest absolute Gasteiger partial charge is 0.284 e. The molecule has 0 fully saturated rings. The summed E-state index contributed by atoms with van der Waals surface area (Å²) in [4.78, 5) is 22.9. The lowest BCUT2D eigenvalue weighted by atomic mass is 10.1. The number of nitrogens with one attached hydrogen (secondary N) is 2. The van der Waals surface area contributed by atoms with Crippen molar-refractivity contribution < 1.29 is 18.3 Å². The third kappa shape index (κ3) is 5.89. The van der Waals surface area contributed by atoms with E-state index in [0.29, 0.717) is 29.0 Å². The van der Waals surface area contributed by atoms with Crippen LogP contribution in [0.3, 0.4) is 0 Å². The van der Waals surface area contributed by atoms with Crippen LogP contribution in [-0.4, -0.2) is 58.3 Å². The highest BCUT2D eigenvalue weighted by atomic mass is 19.1. The summed E-state index contributed by atoms with van der Waals surface area (Å²) in [6.45, 7) is 0.718. The average Bonchev–Trinajstić information content (AvgIpc) is 3.33. The molecule has 3 aromatic carbocycles. The van der Waals surface area contributed by atoms with Gasteiger partial charge in [-0.1, -0.05) is 12.1 Å². The molecule has 2 heterocycles. The van der Waals surface area contributed by atoms with Gasteiger partial charge < -0.3 is 20.3 Å². The minimum Gasteiger partial charge on any atom is -0.494 e. The van der Waals surface area contributed by atoms with Crippen molar-refractivity contribution in [1.29, 1.82) is 0 Å².